The number of hydrogen-bond donors (Lipinski definition) is 1. The quantitative estimate of drug-likeness (QED) is 0.669. The molecule has 100 valence electrons. The van der Waals surface area contributed by atoms with Crippen LogP contribution in [0.25, 0.3) is 10.9 Å². The van der Waals surface area contributed by atoms with Gasteiger partial charge in [0.2, 0.25) is 0 Å². The fraction of sp³-hybridized carbons (Fsp3) is 0.308. The number of para-hydroxylation sites is 1. The summed E-state index contributed by atoms with van der Waals surface area (Å²) in [6.45, 7) is 0.374. The molecule has 0 aliphatic rings. The van der Waals surface area contributed by atoms with Crippen LogP contribution < -0.4 is 5.56 Å². The summed E-state index contributed by atoms with van der Waals surface area (Å²) in [6, 6.07) is 7.18. The van der Waals surface area contributed by atoms with Crippen LogP contribution in [-0.2, 0) is 11.3 Å². The van der Waals surface area contributed by atoms with E-state index in [-0.39, 0.29) is 12.0 Å². The highest BCUT2D eigenvalue weighted by molar-refractivity contribution is 7.98. The highest BCUT2D eigenvalue weighted by atomic mass is 32.2. The average Bonchev–Trinajstić information content (AvgIpc) is 2.40. The molecule has 1 N–H and O–H groups in total. The molecule has 0 atom stereocenters. The summed E-state index contributed by atoms with van der Waals surface area (Å²) in [6.07, 6.45) is 2.32. The second-order valence-corrected chi connectivity index (χ2v) is 4.84. The molecule has 0 bridgehead atoms. The first-order valence-electron chi connectivity index (χ1n) is 5.89. The molecule has 0 saturated heterocycles. The van der Waals surface area contributed by atoms with E-state index in [1.165, 1.54) is 11.8 Å². The fourth-order valence-corrected chi connectivity index (χ4v) is 2.47. The number of aromatic nitrogens is 2. The molecule has 0 spiro atoms. The molecule has 2 aromatic rings. The predicted octanol–water partition coefficient (Wildman–Crippen LogP) is 1.98. The predicted molar refractivity (Wildman–Crippen MR) is 74.7 cm³/mol. The highest BCUT2D eigenvalue weighted by Gasteiger charge is 2.10. The number of thioether (sulfide) groups is 1. The van der Waals surface area contributed by atoms with Crippen molar-refractivity contribution in [2.24, 2.45) is 0 Å². The number of rotatable bonds is 5. The van der Waals surface area contributed by atoms with Gasteiger partial charge in [0.05, 0.1) is 10.9 Å². The molecule has 1 aromatic heterocycles. The Labute approximate surface area is 114 Å². The summed E-state index contributed by atoms with van der Waals surface area (Å²) >= 11 is 1.39. The Morgan fingerprint density at radius 1 is 1.42 bits per heavy atom. The van der Waals surface area contributed by atoms with Crippen LogP contribution in [0.3, 0.4) is 0 Å². The van der Waals surface area contributed by atoms with Gasteiger partial charge < -0.3 is 5.11 Å². The average molecular weight is 278 g/mol. The van der Waals surface area contributed by atoms with E-state index in [4.69, 9.17) is 5.11 Å². The summed E-state index contributed by atoms with van der Waals surface area (Å²) in [5.41, 5.74) is 0.562. The molecule has 1 aromatic carbocycles. The molecular formula is C13H14N2O3S. The number of aliphatic carboxylic acids is 1. The molecule has 0 saturated carbocycles. The van der Waals surface area contributed by atoms with E-state index in [2.05, 4.69) is 4.98 Å². The SMILES string of the molecule is CSc1nc2ccccc2c(=O)n1CCCC(=O)O. The van der Waals surface area contributed by atoms with E-state index < -0.39 is 5.97 Å². The van der Waals surface area contributed by atoms with E-state index in [1.54, 1.807) is 22.8 Å². The van der Waals surface area contributed by atoms with Crippen molar-refractivity contribution in [3.63, 3.8) is 0 Å². The highest BCUT2D eigenvalue weighted by Crippen LogP contribution is 2.15. The molecule has 19 heavy (non-hydrogen) atoms. The standard InChI is InChI=1S/C13H14N2O3S/c1-19-13-14-10-6-3-2-5-9(10)12(18)15(13)8-4-7-11(16)17/h2-3,5-6H,4,7-8H2,1H3,(H,16,17). The van der Waals surface area contributed by atoms with Gasteiger partial charge in [0.1, 0.15) is 0 Å². The maximum Gasteiger partial charge on any atom is 0.303 e. The van der Waals surface area contributed by atoms with Gasteiger partial charge in [-0.05, 0) is 24.8 Å². The second-order valence-electron chi connectivity index (χ2n) is 4.07. The van der Waals surface area contributed by atoms with E-state index in [0.29, 0.717) is 29.0 Å². The van der Waals surface area contributed by atoms with Crippen LogP contribution in [-0.4, -0.2) is 26.9 Å². The van der Waals surface area contributed by atoms with Crippen molar-refractivity contribution in [1.29, 1.82) is 0 Å². The Morgan fingerprint density at radius 2 is 2.16 bits per heavy atom. The first-order chi connectivity index (χ1) is 9.13. The summed E-state index contributed by atoms with van der Waals surface area (Å²) in [5.74, 6) is -0.854. The first-order valence-corrected chi connectivity index (χ1v) is 7.11. The van der Waals surface area contributed by atoms with Gasteiger partial charge in [0.15, 0.2) is 5.16 Å². The van der Waals surface area contributed by atoms with Crippen LogP contribution in [0.2, 0.25) is 0 Å². The minimum Gasteiger partial charge on any atom is -0.481 e. The van der Waals surface area contributed by atoms with Gasteiger partial charge in [-0.15, -0.1) is 0 Å². The lowest BCUT2D eigenvalue weighted by molar-refractivity contribution is -0.137. The summed E-state index contributed by atoms with van der Waals surface area (Å²) in [7, 11) is 0. The Balaban J connectivity index is 2.43. The van der Waals surface area contributed by atoms with Gasteiger partial charge in [-0.3, -0.25) is 14.2 Å². The maximum atomic E-state index is 12.3. The molecule has 0 amide bonds. The number of carboxylic acids is 1. The Morgan fingerprint density at radius 3 is 2.84 bits per heavy atom. The topological polar surface area (TPSA) is 72.2 Å². The second kappa shape index (κ2) is 5.88. The molecule has 0 unspecified atom stereocenters. The number of fused-ring (bicyclic) bond motifs is 1. The van der Waals surface area contributed by atoms with Crippen molar-refractivity contribution in [2.75, 3.05) is 6.26 Å². The van der Waals surface area contributed by atoms with Crippen LogP contribution in [0.4, 0.5) is 0 Å². The van der Waals surface area contributed by atoms with Gasteiger partial charge in [0, 0.05) is 13.0 Å². The van der Waals surface area contributed by atoms with Gasteiger partial charge >= 0.3 is 5.97 Å². The minimum atomic E-state index is -0.854. The summed E-state index contributed by atoms with van der Waals surface area (Å²) in [4.78, 5) is 27.3. The molecular weight excluding hydrogens is 264 g/mol. The zero-order valence-electron chi connectivity index (χ0n) is 10.5. The van der Waals surface area contributed by atoms with Crippen LogP contribution in [0, 0.1) is 0 Å². The Hall–Kier alpha value is -1.82. The molecule has 0 radical (unpaired) electrons. The van der Waals surface area contributed by atoms with Gasteiger partial charge in [0.25, 0.3) is 5.56 Å². The Bertz CT molecular complexity index is 666. The number of nitrogens with zero attached hydrogens (tertiary/aromatic N) is 2. The molecule has 6 heteroatoms. The molecule has 0 aliphatic heterocycles. The van der Waals surface area contributed by atoms with E-state index >= 15 is 0 Å². The number of hydrogen-bond acceptors (Lipinski definition) is 4. The fourth-order valence-electron chi connectivity index (χ4n) is 1.89. The van der Waals surface area contributed by atoms with Crippen molar-refractivity contribution in [3.8, 4) is 0 Å². The molecule has 5 nitrogen and oxygen atoms in total. The van der Waals surface area contributed by atoms with Crippen molar-refractivity contribution >= 4 is 28.6 Å². The van der Waals surface area contributed by atoms with Crippen LogP contribution in [0.1, 0.15) is 12.8 Å². The van der Waals surface area contributed by atoms with Crippen molar-refractivity contribution in [3.05, 3.63) is 34.6 Å². The van der Waals surface area contributed by atoms with E-state index in [9.17, 15) is 9.59 Å². The third kappa shape index (κ3) is 2.96. The Kier molecular flexibility index (Phi) is 4.21. The first kappa shape index (κ1) is 13.6. The normalized spacial score (nSPS) is 10.8. The smallest absolute Gasteiger partial charge is 0.303 e. The van der Waals surface area contributed by atoms with E-state index in [1.807, 2.05) is 12.3 Å². The van der Waals surface area contributed by atoms with Gasteiger partial charge in [-0.1, -0.05) is 23.9 Å². The number of carbonyl (C=O) groups is 1. The number of benzene rings is 1. The molecule has 2 rings (SSSR count). The number of carboxylic acid groups (broad SMARTS) is 1. The molecule has 1 heterocycles. The largest absolute Gasteiger partial charge is 0.481 e. The lowest BCUT2D eigenvalue weighted by atomic mass is 10.2. The third-order valence-corrected chi connectivity index (χ3v) is 3.46. The van der Waals surface area contributed by atoms with Gasteiger partial charge in [-0.2, -0.15) is 0 Å². The van der Waals surface area contributed by atoms with Crippen LogP contribution in [0.5, 0.6) is 0 Å². The lowest BCUT2D eigenvalue weighted by Crippen LogP contribution is -2.23. The van der Waals surface area contributed by atoms with Crippen LogP contribution >= 0.6 is 11.8 Å². The van der Waals surface area contributed by atoms with Crippen LogP contribution in [0.15, 0.2) is 34.2 Å². The third-order valence-electron chi connectivity index (χ3n) is 2.78. The lowest BCUT2D eigenvalue weighted by Gasteiger charge is -2.10. The maximum absolute atomic E-state index is 12.3. The zero-order valence-corrected chi connectivity index (χ0v) is 11.3. The summed E-state index contributed by atoms with van der Waals surface area (Å²) in [5, 5.41) is 9.84. The van der Waals surface area contributed by atoms with Gasteiger partial charge in [-0.25, -0.2) is 4.98 Å². The zero-order chi connectivity index (χ0) is 13.8. The van der Waals surface area contributed by atoms with E-state index in [0.717, 1.165) is 0 Å². The molecule has 0 aliphatic carbocycles. The van der Waals surface area contributed by atoms with Crippen molar-refractivity contribution in [1.82, 2.24) is 9.55 Å². The minimum absolute atomic E-state index is 0.0487. The summed E-state index contributed by atoms with van der Waals surface area (Å²) < 4.78 is 1.55. The van der Waals surface area contributed by atoms with Crippen molar-refractivity contribution in [2.45, 2.75) is 24.5 Å². The monoisotopic (exact) mass is 278 g/mol. The van der Waals surface area contributed by atoms with Crippen molar-refractivity contribution < 1.29 is 9.90 Å². The molecule has 0 fully saturated rings.